The lowest BCUT2D eigenvalue weighted by molar-refractivity contribution is -0.384. The number of carbonyl (C=O) groups excluding carboxylic acids is 1. The highest BCUT2D eigenvalue weighted by Gasteiger charge is 2.30. The van der Waals surface area contributed by atoms with Gasteiger partial charge in [-0.3, -0.25) is 19.8 Å². The normalized spacial score (nSPS) is 11.5. The molecule has 150 valence electrons. The van der Waals surface area contributed by atoms with Gasteiger partial charge < -0.3 is 5.32 Å². The summed E-state index contributed by atoms with van der Waals surface area (Å²) in [5.41, 5.74) is 1.24. The second-order valence-corrected chi connectivity index (χ2v) is 6.57. The molecular weight excluding hydrogens is 375 g/mol. The Kier molecular flexibility index (Phi) is 6.40. The Bertz CT molecular complexity index is 880. The molecule has 0 spiro atoms. The summed E-state index contributed by atoms with van der Waals surface area (Å²) in [6, 6.07) is 7.63. The molecule has 0 saturated heterocycles. The summed E-state index contributed by atoms with van der Waals surface area (Å²) < 4.78 is 37.8. The van der Waals surface area contributed by atoms with E-state index < -0.39 is 22.6 Å². The summed E-state index contributed by atoms with van der Waals surface area (Å²) in [6.07, 6.45) is -4.40. The Morgan fingerprint density at radius 2 is 1.75 bits per heavy atom. The van der Waals surface area contributed by atoms with Gasteiger partial charge in [0.1, 0.15) is 5.69 Å². The van der Waals surface area contributed by atoms with E-state index in [2.05, 4.69) is 5.32 Å². The molecule has 0 radical (unpaired) electrons. The summed E-state index contributed by atoms with van der Waals surface area (Å²) in [7, 11) is 1.63. The van der Waals surface area contributed by atoms with E-state index in [1.807, 2.05) is 0 Å². The number of amides is 1. The van der Waals surface area contributed by atoms with Crippen molar-refractivity contribution >= 4 is 17.3 Å². The molecule has 28 heavy (non-hydrogen) atoms. The van der Waals surface area contributed by atoms with Crippen molar-refractivity contribution in [3.05, 3.63) is 68.8 Å². The highest BCUT2D eigenvalue weighted by atomic mass is 19.4. The first kappa shape index (κ1) is 21.4. The van der Waals surface area contributed by atoms with Crippen molar-refractivity contribution in [1.82, 2.24) is 4.90 Å². The second kappa shape index (κ2) is 8.39. The Morgan fingerprint density at radius 1 is 1.14 bits per heavy atom. The molecule has 0 fully saturated rings. The Balaban J connectivity index is 2.04. The number of halogens is 3. The SMILES string of the molecule is Cc1ccc([N+](=O)[O-])c(NC(=O)CN(C)Cc2ccc(C(F)(F)F)cc2)c1C. The van der Waals surface area contributed by atoms with Crippen molar-refractivity contribution in [3.63, 3.8) is 0 Å². The van der Waals surface area contributed by atoms with Gasteiger partial charge in [-0.2, -0.15) is 13.2 Å². The molecule has 1 N–H and O–H groups in total. The number of aryl methyl sites for hydroxylation is 1. The maximum Gasteiger partial charge on any atom is 0.416 e. The maximum atomic E-state index is 12.6. The Morgan fingerprint density at radius 3 is 2.29 bits per heavy atom. The predicted molar refractivity (Wildman–Crippen MR) is 99.0 cm³/mol. The number of rotatable bonds is 6. The fourth-order valence-corrected chi connectivity index (χ4v) is 2.70. The highest BCUT2D eigenvalue weighted by Crippen LogP contribution is 2.30. The van der Waals surface area contributed by atoms with E-state index in [0.717, 1.165) is 17.7 Å². The van der Waals surface area contributed by atoms with Crippen molar-refractivity contribution < 1.29 is 22.9 Å². The molecule has 0 aliphatic carbocycles. The maximum absolute atomic E-state index is 12.6. The number of nitro benzene ring substituents is 1. The number of nitro groups is 1. The van der Waals surface area contributed by atoms with Crippen molar-refractivity contribution in [1.29, 1.82) is 0 Å². The van der Waals surface area contributed by atoms with Crippen LogP contribution >= 0.6 is 0 Å². The molecule has 0 aromatic heterocycles. The second-order valence-electron chi connectivity index (χ2n) is 6.57. The van der Waals surface area contributed by atoms with E-state index in [1.54, 1.807) is 31.9 Å². The largest absolute Gasteiger partial charge is 0.416 e. The smallest absolute Gasteiger partial charge is 0.319 e. The van der Waals surface area contributed by atoms with E-state index in [1.165, 1.54) is 18.2 Å². The van der Waals surface area contributed by atoms with Crippen LogP contribution in [0, 0.1) is 24.0 Å². The summed E-state index contributed by atoms with van der Waals surface area (Å²) in [6.45, 7) is 3.64. The zero-order valence-corrected chi connectivity index (χ0v) is 15.6. The van der Waals surface area contributed by atoms with Gasteiger partial charge in [-0.15, -0.1) is 0 Å². The molecule has 9 heteroatoms. The zero-order valence-electron chi connectivity index (χ0n) is 15.6. The van der Waals surface area contributed by atoms with Crippen LogP contribution in [0.1, 0.15) is 22.3 Å². The molecule has 0 atom stereocenters. The van der Waals surface area contributed by atoms with Crippen LogP contribution in [0.2, 0.25) is 0 Å². The van der Waals surface area contributed by atoms with Crippen molar-refractivity contribution in [2.45, 2.75) is 26.6 Å². The number of hydrogen-bond donors (Lipinski definition) is 1. The van der Waals surface area contributed by atoms with Gasteiger partial charge >= 0.3 is 6.18 Å². The number of alkyl halides is 3. The van der Waals surface area contributed by atoms with E-state index in [4.69, 9.17) is 0 Å². The van der Waals surface area contributed by atoms with Gasteiger partial charge in [-0.05, 0) is 49.7 Å². The topological polar surface area (TPSA) is 75.5 Å². The van der Waals surface area contributed by atoms with E-state index >= 15 is 0 Å². The predicted octanol–water partition coefficient (Wildman–Crippen LogP) is 4.30. The Labute approximate surface area is 160 Å². The first-order chi connectivity index (χ1) is 13.0. The fourth-order valence-electron chi connectivity index (χ4n) is 2.70. The lowest BCUT2D eigenvalue weighted by atomic mass is 10.1. The molecule has 2 rings (SSSR count). The number of likely N-dealkylation sites (N-methyl/N-ethyl adjacent to an activating group) is 1. The molecule has 0 bridgehead atoms. The van der Waals surface area contributed by atoms with Gasteiger partial charge in [0.05, 0.1) is 17.0 Å². The van der Waals surface area contributed by atoms with E-state index in [9.17, 15) is 28.1 Å². The van der Waals surface area contributed by atoms with Crippen LogP contribution in [-0.2, 0) is 17.5 Å². The molecule has 2 aromatic rings. The van der Waals surface area contributed by atoms with Crippen molar-refractivity contribution in [2.24, 2.45) is 0 Å². The van der Waals surface area contributed by atoms with Crippen LogP contribution in [0.3, 0.4) is 0 Å². The van der Waals surface area contributed by atoms with Crippen molar-refractivity contribution in [3.8, 4) is 0 Å². The first-order valence-electron chi connectivity index (χ1n) is 8.38. The Hall–Kier alpha value is -2.94. The van der Waals surface area contributed by atoms with Gasteiger partial charge in [-0.1, -0.05) is 18.2 Å². The van der Waals surface area contributed by atoms with Crippen LogP contribution in [0.25, 0.3) is 0 Å². The third-order valence-electron chi connectivity index (χ3n) is 4.32. The molecule has 0 unspecified atom stereocenters. The van der Waals surface area contributed by atoms with Crippen LogP contribution < -0.4 is 5.32 Å². The standard InChI is InChI=1S/C19H20F3N3O3/c1-12-4-9-16(25(27)28)18(13(12)2)23-17(26)11-24(3)10-14-5-7-15(8-6-14)19(20,21)22/h4-9H,10-11H2,1-3H3,(H,23,26). The van der Waals surface area contributed by atoms with Gasteiger partial charge in [-0.25, -0.2) is 0 Å². The van der Waals surface area contributed by atoms with Gasteiger partial charge in [0.2, 0.25) is 5.91 Å². The third kappa shape index (κ3) is 5.29. The summed E-state index contributed by atoms with van der Waals surface area (Å²) in [5.74, 6) is -0.453. The number of nitrogens with one attached hydrogen (secondary N) is 1. The van der Waals surface area contributed by atoms with Crippen LogP contribution in [0.5, 0.6) is 0 Å². The van der Waals surface area contributed by atoms with E-state index in [0.29, 0.717) is 11.1 Å². The molecule has 0 aliphatic rings. The summed E-state index contributed by atoms with van der Waals surface area (Å²) >= 11 is 0. The average molecular weight is 395 g/mol. The molecule has 0 saturated carbocycles. The van der Waals surface area contributed by atoms with Crippen LogP contribution in [0.15, 0.2) is 36.4 Å². The van der Waals surface area contributed by atoms with Crippen LogP contribution in [0.4, 0.5) is 24.5 Å². The molecule has 1 amide bonds. The number of nitrogens with zero attached hydrogens (tertiary/aromatic N) is 2. The molecule has 6 nitrogen and oxygen atoms in total. The minimum absolute atomic E-state index is 0.0778. The quantitative estimate of drug-likeness (QED) is 0.585. The molecule has 0 aliphatic heterocycles. The summed E-state index contributed by atoms with van der Waals surface area (Å²) in [5, 5.41) is 13.8. The van der Waals surface area contributed by atoms with Gasteiger partial charge in [0, 0.05) is 12.6 Å². The van der Waals surface area contributed by atoms with Gasteiger partial charge in [0.25, 0.3) is 5.69 Å². The third-order valence-corrected chi connectivity index (χ3v) is 4.32. The zero-order chi connectivity index (χ0) is 21.1. The minimum Gasteiger partial charge on any atom is -0.319 e. The van der Waals surface area contributed by atoms with Crippen LogP contribution in [-0.4, -0.2) is 29.3 Å². The fraction of sp³-hybridized carbons (Fsp3) is 0.316. The number of benzene rings is 2. The monoisotopic (exact) mass is 395 g/mol. The highest BCUT2D eigenvalue weighted by molar-refractivity contribution is 5.95. The lowest BCUT2D eigenvalue weighted by Gasteiger charge is -2.18. The first-order valence-corrected chi connectivity index (χ1v) is 8.38. The summed E-state index contributed by atoms with van der Waals surface area (Å²) in [4.78, 5) is 24.5. The lowest BCUT2D eigenvalue weighted by Crippen LogP contribution is -2.30. The molecule has 2 aromatic carbocycles. The van der Waals surface area contributed by atoms with E-state index in [-0.39, 0.29) is 24.5 Å². The van der Waals surface area contributed by atoms with Gasteiger partial charge in [0.15, 0.2) is 0 Å². The number of anilines is 1. The molecule has 0 heterocycles. The average Bonchev–Trinajstić information content (AvgIpc) is 2.58. The number of carbonyl (C=O) groups is 1. The van der Waals surface area contributed by atoms with Crippen molar-refractivity contribution in [2.75, 3.05) is 18.9 Å². The molecular formula is C19H20F3N3O3. The minimum atomic E-state index is -4.40. The number of hydrogen-bond acceptors (Lipinski definition) is 4.